The van der Waals surface area contributed by atoms with Crippen molar-refractivity contribution in [3.05, 3.63) is 109 Å². The van der Waals surface area contributed by atoms with Gasteiger partial charge < -0.3 is 14.2 Å². The Morgan fingerprint density at radius 1 is 0.917 bits per heavy atom. The zero-order chi connectivity index (χ0) is 25.7. The molecule has 0 spiro atoms. The Kier molecular flexibility index (Phi) is 7.00. The summed E-state index contributed by atoms with van der Waals surface area (Å²) in [5, 5.41) is 22.3. The monoisotopic (exact) mass is 489 g/mol. The van der Waals surface area contributed by atoms with Crippen LogP contribution in [0.4, 0.5) is 11.4 Å². The summed E-state index contributed by atoms with van der Waals surface area (Å²) in [6, 6.07) is 17.6. The molecule has 0 radical (unpaired) electrons. The highest BCUT2D eigenvalue weighted by Crippen LogP contribution is 2.31. The van der Waals surface area contributed by atoms with Crippen LogP contribution in [0.15, 0.2) is 77.4 Å². The molecule has 0 amide bonds. The first-order chi connectivity index (χ1) is 17.3. The quantitative estimate of drug-likeness (QED) is 0.180. The minimum Gasteiger partial charge on any atom is -0.490 e. The summed E-state index contributed by atoms with van der Waals surface area (Å²) in [6.07, 6.45) is 1.45. The van der Waals surface area contributed by atoms with E-state index in [2.05, 4.69) is 4.99 Å². The maximum Gasteiger partial charge on any atom is 0.363 e. The van der Waals surface area contributed by atoms with Crippen molar-refractivity contribution in [2.24, 2.45) is 4.99 Å². The predicted molar refractivity (Wildman–Crippen MR) is 129 cm³/mol. The number of nitrogens with zero attached hydrogens (tertiary/aromatic N) is 3. The first-order valence-corrected chi connectivity index (χ1v) is 10.7. The molecule has 3 aromatic carbocycles. The molecule has 0 aromatic heterocycles. The Bertz CT molecular complexity index is 1370. The molecule has 0 N–H and O–H groups in total. The molecule has 182 valence electrons. The van der Waals surface area contributed by atoms with Gasteiger partial charge in [-0.1, -0.05) is 36.4 Å². The molecule has 1 heterocycles. The normalized spacial score (nSPS) is 13.8. The lowest BCUT2D eigenvalue weighted by molar-refractivity contribution is -0.394. The Morgan fingerprint density at radius 3 is 2.25 bits per heavy atom. The minimum absolute atomic E-state index is 0.0627. The summed E-state index contributed by atoms with van der Waals surface area (Å²) in [6.45, 7) is 2.56. The van der Waals surface area contributed by atoms with Gasteiger partial charge in [-0.15, -0.1) is 0 Å². The van der Waals surface area contributed by atoms with Crippen molar-refractivity contribution in [2.45, 2.75) is 13.5 Å². The third kappa shape index (κ3) is 5.53. The molecule has 0 bridgehead atoms. The van der Waals surface area contributed by atoms with E-state index in [0.717, 1.165) is 23.8 Å². The van der Waals surface area contributed by atoms with Gasteiger partial charge in [0, 0.05) is 12.1 Å². The molecule has 0 fully saturated rings. The molecule has 0 aliphatic carbocycles. The number of cyclic esters (lactones) is 1. The van der Waals surface area contributed by atoms with Gasteiger partial charge in [0.25, 0.3) is 11.4 Å². The molecule has 3 aromatic rings. The zero-order valence-electron chi connectivity index (χ0n) is 19.0. The smallest absolute Gasteiger partial charge is 0.363 e. The number of carbonyl (C=O) groups excluding carboxylic acids is 1. The number of ether oxygens (including phenoxy) is 3. The molecular weight excluding hydrogens is 470 g/mol. The Labute approximate surface area is 204 Å². The van der Waals surface area contributed by atoms with Gasteiger partial charge in [0.05, 0.1) is 28.1 Å². The van der Waals surface area contributed by atoms with E-state index in [9.17, 15) is 25.0 Å². The molecule has 0 saturated carbocycles. The molecule has 0 unspecified atom stereocenters. The number of nitro groups is 2. The van der Waals surface area contributed by atoms with Gasteiger partial charge in [-0.05, 0) is 36.3 Å². The van der Waals surface area contributed by atoms with Crippen molar-refractivity contribution in [1.29, 1.82) is 0 Å². The number of hydrogen-bond acceptors (Lipinski definition) is 9. The van der Waals surface area contributed by atoms with Crippen LogP contribution in [-0.4, -0.2) is 28.3 Å². The van der Waals surface area contributed by atoms with Crippen molar-refractivity contribution in [1.82, 2.24) is 0 Å². The largest absolute Gasteiger partial charge is 0.490 e. The molecule has 0 atom stereocenters. The van der Waals surface area contributed by atoms with Gasteiger partial charge in [-0.3, -0.25) is 20.2 Å². The molecule has 1 aliphatic heterocycles. The summed E-state index contributed by atoms with van der Waals surface area (Å²) < 4.78 is 16.7. The zero-order valence-corrected chi connectivity index (χ0v) is 19.0. The Morgan fingerprint density at radius 2 is 1.61 bits per heavy atom. The fraction of sp³-hybridized carbons (Fsp3) is 0.120. The van der Waals surface area contributed by atoms with Crippen molar-refractivity contribution < 1.29 is 28.9 Å². The number of aliphatic imine (C=N–C) groups is 1. The third-order valence-electron chi connectivity index (χ3n) is 5.00. The van der Waals surface area contributed by atoms with E-state index in [-0.39, 0.29) is 17.2 Å². The van der Waals surface area contributed by atoms with E-state index in [1.165, 1.54) is 6.08 Å². The maximum atomic E-state index is 12.4. The van der Waals surface area contributed by atoms with E-state index < -0.39 is 27.2 Å². The lowest BCUT2D eigenvalue weighted by atomic mass is 10.1. The first kappa shape index (κ1) is 24.1. The van der Waals surface area contributed by atoms with Crippen molar-refractivity contribution in [3.63, 3.8) is 0 Å². The molecule has 1 aliphatic rings. The van der Waals surface area contributed by atoms with E-state index >= 15 is 0 Å². The number of non-ortho nitro benzene ring substituents is 2. The second-order valence-corrected chi connectivity index (χ2v) is 7.50. The third-order valence-corrected chi connectivity index (χ3v) is 5.00. The summed E-state index contributed by atoms with van der Waals surface area (Å²) in [5.41, 5.74) is 0.355. The van der Waals surface area contributed by atoms with Gasteiger partial charge in [-0.25, -0.2) is 9.79 Å². The SMILES string of the molecule is CCOc1cc(/C=C2/N=C(c3cc([N+](=O)[O-])cc([N+](=O)[O-])c3)OC2=O)ccc1OCc1ccccc1. The number of nitro benzene ring substituents is 2. The average Bonchev–Trinajstić information content (AvgIpc) is 3.24. The summed E-state index contributed by atoms with van der Waals surface area (Å²) >= 11 is 0. The van der Waals surface area contributed by atoms with Gasteiger partial charge in [0.15, 0.2) is 17.2 Å². The lowest BCUT2D eigenvalue weighted by Crippen LogP contribution is -2.06. The highest BCUT2D eigenvalue weighted by atomic mass is 16.6. The standard InChI is InChI=1S/C25H19N3O8/c1-2-34-23-11-17(8-9-22(23)35-15-16-6-4-3-5-7-16)10-21-25(29)36-24(26-21)18-12-19(27(30)31)14-20(13-18)28(32)33/h3-14H,2,15H2,1H3/b21-10+. The van der Waals surface area contributed by atoms with Crippen molar-refractivity contribution >= 4 is 29.3 Å². The molecule has 0 saturated heterocycles. The summed E-state index contributed by atoms with van der Waals surface area (Å²) in [5.74, 6) is -0.0926. The molecular formula is C25H19N3O8. The summed E-state index contributed by atoms with van der Waals surface area (Å²) in [4.78, 5) is 37.3. The van der Waals surface area contributed by atoms with Crippen LogP contribution in [-0.2, 0) is 16.1 Å². The number of carbonyl (C=O) groups is 1. The average molecular weight is 489 g/mol. The van der Waals surface area contributed by atoms with Gasteiger partial charge >= 0.3 is 5.97 Å². The number of benzene rings is 3. The van der Waals surface area contributed by atoms with E-state index in [4.69, 9.17) is 14.2 Å². The van der Waals surface area contributed by atoms with E-state index in [0.29, 0.717) is 30.3 Å². The predicted octanol–water partition coefficient (Wildman–Crippen LogP) is 4.83. The molecule has 36 heavy (non-hydrogen) atoms. The lowest BCUT2D eigenvalue weighted by Gasteiger charge is -2.12. The molecule has 11 nitrogen and oxygen atoms in total. The Balaban J connectivity index is 1.62. The summed E-state index contributed by atoms with van der Waals surface area (Å²) in [7, 11) is 0. The van der Waals surface area contributed by atoms with Crippen LogP contribution in [0, 0.1) is 20.2 Å². The van der Waals surface area contributed by atoms with Crippen LogP contribution in [0.2, 0.25) is 0 Å². The van der Waals surface area contributed by atoms with Crippen molar-refractivity contribution in [3.8, 4) is 11.5 Å². The van der Waals surface area contributed by atoms with Crippen LogP contribution < -0.4 is 9.47 Å². The molecule has 4 rings (SSSR count). The Hall–Kier alpha value is -5.06. The molecule has 11 heteroatoms. The van der Waals surface area contributed by atoms with Crippen LogP contribution in [0.25, 0.3) is 6.08 Å². The second kappa shape index (κ2) is 10.5. The van der Waals surface area contributed by atoms with Gasteiger partial charge in [0.2, 0.25) is 5.90 Å². The van der Waals surface area contributed by atoms with E-state index in [1.54, 1.807) is 18.2 Å². The first-order valence-electron chi connectivity index (χ1n) is 10.7. The van der Waals surface area contributed by atoms with Crippen LogP contribution in [0.1, 0.15) is 23.6 Å². The number of esters is 1. The van der Waals surface area contributed by atoms with Gasteiger partial charge in [0.1, 0.15) is 6.61 Å². The maximum absolute atomic E-state index is 12.4. The second-order valence-electron chi connectivity index (χ2n) is 7.50. The highest BCUT2D eigenvalue weighted by molar-refractivity contribution is 6.13. The fourth-order valence-corrected chi connectivity index (χ4v) is 3.36. The minimum atomic E-state index is -0.804. The van der Waals surface area contributed by atoms with Crippen LogP contribution in [0.5, 0.6) is 11.5 Å². The number of hydrogen-bond donors (Lipinski definition) is 0. The van der Waals surface area contributed by atoms with Crippen LogP contribution in [0.3, 0.4) is 0 Å². The highest BCUT2D eigenvalue weighted by Gasteiger charge is 2.27. The fourth-order valence-electron chi connectivity index (χ4n) is 3.36. The van der Waals surface area contributed by atoms with E-state index in [1.807, 2.05) is 37.3 Å². The van der Waals surface area contributed by atoms with Crippen molar-refractivity contribution in [2.75, 3.05) is 6.61 Å². The topological polar surface area (TPSA) is 143 Å². The van der Waals surface area contributed by atoms with Crippen LogP contribution >= 0.6 is 0 Å². The van der Waals surface area contributed by atoms with Gasteiger partial charge in [-0.2, -0.15) is 0 Å². The number of rotatable bonds is 9.